The highest BCUT2D eigenvalue weighted by Gasteiger charge is 2.25. The number of aliphatic hydroxyl groups excluding tert-OH is 1. The Hall–Kier alpha value is -0.300. The largest absolute Gasteiger partial charge is 0.394 e. The predicted molar refractivity (Wildman–Crippen MR) is 96.4 cm³/mol. The molecule has 0 saturated heterocycles. The van der Waals surface area contributed by atoms with Gasteiger partial charge in [-0.3, -0.25) is 0 Å². The number of hydrogen-bond acceptors (Lipinski definition) is 2. The second kappa shape index (κ2) is 6.64. The van der Waals surface area contributed by atoms with Crippen LogP contribution in [0.25, 0.3) is 0 Å². The Balaban J connectivity index is 2.31. The van der Waals surface area contributed by atoms with Crippen LogP contribution in [-0.2, 0) is 5.54 Å². The van der Waals surface area contributed by atoms with Crippen molar-refractivity contribution in [1.82, 2.24) is 0 Å². The summed E-state index contributed by atoms with van der Waals surface area (Å²) in [6.45, 7) is 1.96. The van der Waals surface area contributed by atoms with Crippen LogP contribution in [-0.4, -0.2) is 11.7 Å². The molecule has 0 aliphatic carbocycles. The van der Waals surface area contributed by atoms with Crippen molar-refractivity contribution in [1.29, 1.82) is 0 Å². The van der Waals surface area contributed by atoms with Crippen LogP contribution in [0.15, 0.2) is 46.9 Å². The lowest BCUT2D eigenvalue weighted by atomic mass is 9.92. The molecular weight excluding hydrogens is 452 g/mol. The average Bonchev–Trinajstić information content (AvgIpc) is 2.43. The van der Waals surface area contributed by atoms with Crippen molar-refractivity contribution in [2.45, 2.75) is 12.5 Å². The fraction of sp³-hybridized carbons (Fsp3) is 0.200. The molecule has 0 radical (unpaired) electrons. The quantitative estimate of drug-likeness (QED) is 0.620. The van der Waals surface area contributed by atoms with Gasteiger partial charge in [0.25, 0.3) is 0 Å². The smallest absolute Gasteiger partial charge is 0.0828 e. The Labute approximate surface area is 145 Å². The molecule has 0 spiro atoms. The van der Waals surface area contributed by atoms with E-state index in [1.54, 1.807) is 0 Å². The van der Waals surface area contributed by atoms with E-state index in [2.05, 4.69) is 43.8 Å². The minimum atomic E-state index is -0.544. The molecule has 2 rings (SSSR count). The zero-order chi connectivity index (χ0) is 14.8. The minimum Gasteiger partial charge on any atom is -0.394 e. The van der Waals surface area contributed by atoms with Gasteiger partial charge in [-0.1, -0.05) is 23.7 Å². The maximum Gasteiger partial charge on any atom is 0.0828 e. The van der Waals surface area contributed by atoms with Gasteiger partial charge in [0.15, 0.2) is 0 Å². The van der Waals surface area contributed by atoms with Crippen molar-refractivity contribution in [3.63, 3.8) is 0 Å². The molecule has 2 N–H and O–H groups in total. The molecule has 0 saturated carbocycles. The first-order valence-electron chi connectivity index (χ1n) is 6.05. The van der Waals surface area contributed by atoms with E-state index in [0.29, 0.717) is 5.02 Å². The van der Waals surface area contributed by atoms with Crippen LogP contribution < -0.4 is 5.32 Å². The lowest BCUT2D eigenvalue weighted by molar-refractivity contribution is 0.224. The third-order valence-electron chi connectivity index (χ3n) is 3.14. The molecule has 0 aromatic heterocycles. The van der Waals surface area contributed by atoms with Crippen molar-refractivity contribution >= 4 is 55.8 Å². The highest BCUT2D eigenvalue weighted by Crippen LogP contribution is 2.30. The summed E-state index contributed by atoms with van der Waals surface area (Å²) in [6, 6.07) is 13.7. The van der Waals surface area contributed by atoms with Crippen molar-refractivity contribution < 1.29 is 5.11 Å². The topological polar surface area (TPSA) is 32.3 Å². The Kier molecular flexibility index (Phi) is 5.34. The van der Waals surface area contributed by atoms with Gasteiger partial charge < -0.3 is 10.4 Å². The van der Waals surface area contributed by atoms with E-state index < -0.39 is 5.54 Å². The van der Waals surface area contributed by atoms with Crippen LogP contribution in [0.5, 0.6) is 0 Å². The molecular formula is C15H14BrClINO. The maximum absolute atomic E-state index is 9.79. The molecule has 0 aliphatic heterocycles. The third-order valence-corrected chi connectivity index (χ3v) is 5.07. The molecule has 0 fully saturated rings. The first kappa shape index (κ1) is 16.1. The van der Waals surface area contributed by atoms with Crippen LogP contribution in [0.4, 0.5) is 5.69 Å². The van der Waals surface area contributed by atoms with Gasteiger partial charge >= 0.3 is 0 Å². The number of halogens is 3. The summed E-state index contributed by atoms with van der Waals surface area (Å²) in [5, 5.41) is 13.8. The van der Waals surface area contributed by atoms with Gasteiger partial charge in [-0.25, -0.2) is 0 Å². The molecule has 20 heavy (non-hydrogen) atoms. The molecule has 1 atom stereocenters. The number of benzene rings is 2. The normalized spacial score (nSPS) is 13.8. The Morgan fingerprint density at radius 1 is 1.25 bits per heavy atom. The van der Waals surface area contributed by atoms with E-state index in [0.717, 1.165) is 15.7 Å². The number of aliphatic hydroxyl groups is 1. The summed E-state index contributed by atoms with van der Waals surface area (Å²) >= 11 is 11.7. The van der Waals surface area contributed by atoms with Gasteiger partial charge in [0, 0.05) is 13.7 Å². The van der Waals surface area contributed by atoms with Gasteiger partial charge in [0.05, 0.1) is 17.2 Å². The zero-order valence-electron chi connectivity index (χ0n) is 10.8. The van der Waals surface area contributed by atoms with Crippen molar-refractivity contribution in [2.75, 3.05) is 11.9 Å². The monoisotopic (exact) mass is 465 g/mol. The average molecular weight is 467 g/mol. The predicted octanol–water partition coefficient (Wildman–Crippen LogP) is 5.03. The Morgan fingerprint density at radius 3 is 2.45 bits per heavy atom. The van der Waals surface area contributed by atoms with E-state index in [9.17, 15) is 5.11 Å². The zero-order valence-corrected chi connectivity index (χ0v) is 15.3. The number of anilines is 1. The van der Waals surface area contributed by atoms with Gasteiger partial charge in [0.1, 0.15) is 0 Å². The van der Waals surface area contributed by atoms with E-state index in [-0.39, 0.29) is 6.61 Å². The maximum atomic E-state index is 9.79. The standard InChI is InChI=1S/C15H14BrClINO/c1-15(9-20,10-2-4-11(18)5-3-10)19-12-6-7-14(17)13(16)8-12/h2-8,19-20H,9H2,1H3. The Morgan fingerprint density at radius 2 is 1.90 bits per heavy atom. The Bertz CT molecular complexity index is 605. The van der Waals surface area contributed by atoms with Gasteiger partial charge in [-0.15, -0.1) is 0 Å². The van der Waals surface area contributed by atoms with E-state index in [1.807, 2.05) is 49.4 Å². The first-order chi connectivity index (χ1) is 9.44. The summed E-state index contributed by atoms with van der Waals surface area (Å²) in [7, 11) is 0. The summed E-state index contributed by atoms with van der Waals surface area (Å²) < 4.78 is 1.99. The minimum absolute atomic E-state index is 0.00611. The summed E-state index contributed by atoms with van der Waals surface area (Å²) in [5.74, 6) is 0. The highest BCUT2D eigenvalue weighted by molar-refractivity contribution is 14.1. The summed E-state index contributed by atoms with van der Waals surface area (Å²) in [6.07, 6.45) is 0. The molecule has 5 heteroatoms. The summed E-state index contributed by atoms with van der Waals surface area (Å²) in [5.41, 5.74) is 1.39. The summed E-state index contributed by atoms with van der Waals surface area (Å²) in [4.78, 5) is 0. The molecule has 106 valence electrons. The molecule has 2 nitrogen and oxygen atoms in total. The van der Waals surface area contributed by atoms with E-state index >= 15 is 0 Å². The van der Waals surface area contributed by atoms with Crippen LogP contribution in [0.3, 0.4) is 0 Å². The second-order valence-corrected chi connectivity index (χ2v) is 7.26. The SMILES string of the molecule is CC(CO)(Nc1ccc(Cl)c(Br)c1)c1ccc(I)cc1. The van der Waals surface area contributed by atoms with E-state index in [1.165, 1.54) is 3.57 Å². The second-order valence-electron chi connectivity index (χ2n) is 4.75. The fourth-order valence-corrected chi connectivity index (χ4v) is 2.77. The van der Waals surface area contributed by atoms with Crippen LogP contribution in [0, 0.1) is 3.57 Å². The highest BCUT2D eigenvalue weighted by atomic mass is 127. The molecule has 2 aromatic rings. The van der Waals surface area contributed by atoms with Crippen LogP contribution in [0.2, 0.25) is 5.02 Å². The van der Waals surface area contributed by atoms with Crippen LogP contribution >= 0.6 is 50.1 Å². The van der Waals surface area contributed by atoms with Crippen molar-refractivity contribution in [2.24, 2.45) is 0 Å². The van der Waals surface area contributed by atoms with Crippen molar-refractivity contribution in [3.05, 3.63) is 61.1 Å². The molecule has 0 amide bonds. The van der Waals surface area contributed by atoms with Crippen LogP contribution in [0.1, 0.15) is 12.5 Å². The molecule has 2 aromatic carbocycles. The van der Waals surface area contributed by atoms with Crippen molar-refractivity contribution in [3.8, 4) is 0 Å². The lowest BCUT2D eigenvalue weighted by Gasteiger charge is -2.30. The molecule has 0 heterocycles. The number of nitrogens with one attached hydrogen (secondary N) is 1. The van der Waals surface area contributed by atoms with E-state index in [4.69, 9.17) is 11.6 Å². The number of hydrogen-bond donors (Lipinski definition) is 2. The van der Waals surface area contributed by atoms with Gasteiger partial charge in [-0.05, 0) is 81.3 Å². The van der Waals surface area contributed by atoms with Gasteiger partial charge in [-0.2, -0.15) is 0 Å². The molecule has 1 unspecified atom stereocenters. The lowest BCUT2D eigenvalue weighted by Crippen LogP contribution is -2.35. The molecule has 0 aliphatic rings. The molecule has 0 bridgehead atoms. The number of rotatable bonds is 4. The third kappa shape index (κ3) is 3.67. The fourth-order valence-electron chi connectivity index (χ4n) is 1.91. The van der Waals surface area contributed by atoms with Gasteiger partial charge in [0.2, 0.25) is 0 Å². The first-order valence-corrected chi connectivity index (χ1v) is 8.30.